The van der Waals surface area contributed by atoms with Crippen LogP contribution in [0.3, 0.4) is 0 Å². The zero-order chi connectivity index (χ0) is 10.6. The van der Waals surface area contributed by atoms with Gasteiger partial charge in [-0.05, 0) is 20.3 Å². The molecule has 1 unspecified atom stereocenters. The normalized spacial score (nSPS) is 20.5. The molecule has 1 aliphatic heterocycles. The van der Waals surface area contributed by atoms with Crippen molar-refractivity contribution >= 4 is 18.3 Å². The van der Waals surface area contributed by atoms with Gasteiger partial charge >= 0.3 is 0 Å². The summed E-state index contributed by atoms with van der Waals surface area (Å²) >= 11 is 0. The number of nitrogens with two attached hydrogens (primary N) is 1. The molecule has 0 bridgehead atoms. The Bertz CT molecular complexity index is 200. The molecular weight excluding hydrogens is 216 g/mol. The second-order valence-electron chi connectivity index (χ2n) is 4.06. The second kappa shape index (κ2) is 7.04. The highest BCUT2D eigenvalue weighted by Gasteiger charge is 2.22. The van der Waals surface area contributed by atoms with Gasteiger partial charge in [0.1, 0.15) is 0 Å². The summed E-state index contributed by atoms with van der Waals surface area (Å²) in [4.78, 5) is 13.4. The monoisotopic (exact) mass is 236 g/mol. The molecule has 0 aromatic heterocycles. The van der Waals surface area contributed by atoms with Crippen molar-refractivity contribution in [1.29, 1.82) is 0 Å². The molecule has 0 saturated carbocycles. The van der Waals surface area contributed by atoms with Crippen LogP contribution >= 0.6 is 12.4 Å². The zero-order valence-electron chi connectivity index (χ0n) is 9.44. The highest BCUT2D eigenvalue weighted by Crippen LogP contribution is 2.08. The van der Waals surface area contributed by atoms with Gasteiger partial charge in [0.2, 0.25) is 5.91 Å². The minimum atomic E-state index is 0. The van der Waals surface area contributed by atoms with E-state index in [4.69, 9.17) is 10.5 Å². The summed E-state index contributed by atoms with van der Waals surface area (Å²) in [5.41, 5.74) is 5.71. The Morgan fingerprint density at radius 3 is 2.73 bits per heavy atom. The summed E-state index contributed by atoms with van der Waals surface area (Å²) in [5, 5.41) is 0. The van der Waals surface area contributed by atoms with Crippen LogP contribution in [0.5, 0.6) is 0 Å². The fourth-order valence-corrected chi connectivity index (χ4v) is 1.55. The molecule has 15 heavy (non-hydrogen) atoms. The maximum Gasteiger partial charge on any atom is 0.224 e. The summed E-state index contributed by atoms with van der Waals surface area (Å²) in [6.45, 7) is 5.97. The van der Waals surface area contributed by atoms with Gasteiger partial charge in [-0.1, -0.05) is 0 Å². The van der Waals surface area contributed by atoms with Crippen LogP contribution in [0.4, 0.5) is 0 Å². The molecule has 1 atom stereocenters. The SMILES string of the molecule is CC(C)OCCC(=O)N1CCC(N)C1.Cl. The summed E-state index contributed by atoms with van der Waals surface area (Å²) in [6, 6.07) is 0.171. The molecular formula is C10H21ClN2O2. The Balaban J connectivity index is 0.00000196. The number of hydrogen-bond acceptors (Lipinski definition) is 3. The van der Waals surface area contributed by atoms with Gasteiger partial charge in [0, 0.05) is 19.1 Å². The number of carbonyl (C=O) groups excluding carboxylic acids is 1. The predicted molar refractivity (Wildman–Crippen MR) is 62.1 cm³/mol. The van der Waals surface area contributed by atoms with E-state index < -0.39 is 0 Å². The maximum atomic E-state index is 11.6. The molecule has 5 heteroatoms. The van der Waals surface area contributed by atoms with Gasteiger partial charge in [0.05, 0.1) is 19.1 Å². The molecule has 1 heterocycles. The van der Waals surface area contributed by atoms with E-state index in [1.807, 2.05) is 18.7 Å². The quantitative estimate of drug-likeness (QED) is 0.785. The molecule has 90 valence electrons. The number of carbonyl (C=O) groups is 1. The van der Waals surface area contributed by atoms with E-state index in [-0.39, 0.29) is 30.5 Å². The van der Waals surface area contributed by atoms with Crippen molar-refractivity contribution in [1.82, 2.24) is 4.90 Å². The van der Waals surface area contributed by atoms with E-state index in [2.05, 4.69) is 0 Å². The lowest BCUT2D eigenvalue weighted by molar-refractivity contribution is -0.131. The Morgan fingerprint density at radius 1 is 1.60 bits per heavy atom. The fraction of sp³-hybridized carbons (Fsp3) is 0.900. The zero-order valence-corrected chi connectivity index (χ0v) is 10.3. The minimum absolute atomic E-state index is 0. The van der Waals surface area contributed by atoms with Crippen LogP contribution < -0.4 is 5.73 Å². The lowest BCUT2D eigenvalue weighted by atomic mass is 10.3. The third-order valence-electron chi connectivity index (χ3n) is 2.34. The Morgan fingerprint density at radius 2 is 2.27 bits per heavy atom. The summed E-state index contributed by atoms with van der Waals surface area (Å²) in [6.07, 6.45) is 1.60. The van der Waals surface area contributed by atoms with E-state index in [1.54, 1.807) is 0 Å². The number of likely N-dealkylation sites (tertiary alicyclic amines) is 1. The van der Waals surface area contributed by atoms with Crippen molar-refractivity contribution in [2.45, 2.75) is 38.8 Å². The third-order valence-corrected chi connectivity index (χ3v) is 2.34. The first-order chi connectivity index (χ1) is 6.59. The predicted octanol–water partition coefficient (Wildman–Crippen LogP) is 0.783. The summed E-state index contributed by atoms with van der Waals surface area (Å²) in [5.74, 6) is 0.165. The number of ether oxygens (including phenoxy) is 1. The molecule has 1 saturated heterocycles. The number of halogens is 1. The lowest BCUT2D eigenvalue weighted by Gasteiger charge is -2.16. The summed E-state index contributed by atoms with van der Waals surface area (Å²) in [7, 11) is 0. The number of hydrogen-bond donors (Lipinski definition) is 1. The van der Waals surface area contributed by atoms with Gasteiger partial charge in [-0.3, -0.25) is 4.79 Å². The Kier molecular flexibility index (Phi) is 6.89. The molecule has 2 N–H and O–H groups in total. The molecule has 0 radical (unpaired) electrons. The van der Waals surface area contributed by atoms with Crippen LogP contribution in [0, 0.1) is 0 Å². The van der Waals surface area contributed by atoms with E-state index >= 15 is 0 Å². The highest BCUT2D eigenvalue weighted by atomic mass is 35.5. The van der Waals surface area contributed by atoms with Crippen LogP contribution in [-0.2, 0) is 9.53 Å². The van der Waals surface area contributed by atoms with Crippen LogP contribution in [0.2, 0.25) is 0 Å². The lowest BCUT2D eigenvalue weighted by Crippen LogP contribution is -2.32. The van der Waals surface area contributed by atoms with Crippen LogP contribution in [0.1, 0.15) is 26.7 Å². The van der Waals surface area contributed by atoms with Gasteiger partial charge in [-0.2, -0.15) is 0 Å². The average Bonchev–Trinajstić information content (AvgIpc) is 2.51. The van der Waals surface area contributed by atoms with Crippen molar-refractivity contribution in [2.24, 2.45) is 5.73 Å². The second-order valence-corrected chi connectivity index (χ2v) is 4.06. The largest absolute Gasteiger partial charge is 0.378 e. The molecule has 4 nitrogen and oxygen atoms in total. The minimum Gasteiger partial charge on any atom is -0.378 e. The first-order valence-electron chi connectivity index (χ1n) is 5.24. The van der Waals surface area contributed by atoms with E-state index in [9.17, 15) is 4.79 Å². The number of rotatable bonds is 4. The average molecular weight is 237 g/mol. The molecule has 0 aromatic carbocycles. The molecule has 1 fully saturated rings. The van der Waals surface area contributed by atoms with Crippen LogP contribution in [0.15, 0.2) is 0 Å². The van der Waals surface area contributed by atoms with Gasteiger partial charge in [0.15, 0.2) is 0 Å². The highest BCUT2D eigenvalue weighted by molar-refractivity contribution is 5.85. The van der Waals surface area contributed by atoms with Crippen molar-refractivity contribution < 1.29 is 9.53 Å². The number of amides is 1. The topological polar surface area (TPSA) is 55.6 Å². The van der Waals surface area contributed by atoms with Crippen molar-refractivity contribution in [2.75, 3.05) is 19.7 Å². The van der Waals surface area contributed by atoms with Gasteiger partial charge in [-0.25, -0.2) is 0 Å². The first-order valence-corrected chi connectivity index (χ1v) is 5.24. The van der Waals surface area contributed by atoms with Crippen molar-refractivity contribution in [3.8, 4) is 0 Å². The smallest absolute Gasteiger partial charge is 0.224 e. The maximum absolute atomic E-state index is 11.6. The van der Waals surface area contributed by atoms with Gasteiger partial charge in [-0.15, -0.1) is 12.4 Å². The van der Waals surface area contributed by atoms with Gasteiger partial charge < -0.3 is 15.4 Å². The summed E-state index contributed by atoms with van der Waals surface area (Å²) < 4.78 is 5.32. The molecule has 0 aliphatic carbocycles. The van der Waals surface area contributed by atoms with E-state index in [0.717, 1.165) is 13.0 Å². The molecule has 1 rings (SSSR count). The molecule has 1 aliphatic rings. The number of nitrogens with zero attached hydrogens (tertiary/aromatic N) is 1. The standard InChI is InChI=1S/C10H20N2O2.ClH/c1-8(2)14-6-4-10(13)12-5-3-9(11)7-12;/h8-9H,3-7,11H2,1-2H3;1H. The third kappa shape index (κ3) is 5.35. The fourth-order valence-electron chi connectivity index (χ4n) is 1.55. The van der Waals surface area contributed by atoms with E-state index in [0.29, 0.717) is 19.6 Å². The van der Waals surface area contributed by atoms with Gasteiger partial charge in [0.25, 0.3) is 0 Å². The van der Waals surface area contributed by atoms with Crippen molar-refractivity contribution in [3.05, 3.63) is 0 Å². The van der Waals surface area contributed by atoms with Crippen LogP contribution in [-0.4, -0.2) is 42.6 Å². The van der Waals surface area contributed by atoms with Crippen LogP contribution in [0.25, 0.3) is 0 Å². The molecule has 0 spiro atoms. The van der Waals surface area contributed by atoms with E-state index in [1.165, 1.54) is 0 Å². The van der Waals surface area contributed by atoms with Crippen molar-refractivity contribution in [3.63, 3.8) is 0 Å². The molecule has 1 amide bonds. The molecule has 0 aromatic rings. The Labute approximate surface area is 97.5 Å². The first kappa shape index (κ1) is 14.7. The Hall–Kier alpha value is -0.320.